The number of carbonyl (C=O) groups is 2. The first-order valence-electron chi connectivity index (χ1n) is 8.95. The van der Waals surface area contributed by atoms with Crippen molar-refractivity contribution in [3.63, 3.8) is 0 Å². The van der Waals surface area contributed by atoms with E-state index in [1.807, 2.05) is 30.3 Å². The molecular weight excluding hydrogens is 328 g/mol. The van der Waals surface area contributed by atoms with Gasteiger partial charge in [-0.05, 0) is 36.8 Å². The molecular formula is C20H26N4O2. The van der Waals surface area contributed by atoms with Crippen LogP contribution in [0.2, 0.25) is 0 Å². The zero-order valence-electron chi connectivity index (χ0n) is 15.0. The van der Waals surface area contributed by atoms with Crippen molar-refractivity contribution in [1.29, 1.82) is 0 Å². The summed E-state index contributed by atoms with van der Waals surface area (Å²) in [6.07, 6.45) is 4.45. The minimum Gasteiger partial charge on any atom is -0.338 e. The topological polar surface area (TPSA) is 82.3 Å². The predicted molar refractivity (Wildman–Crippen MR) is 107 cm³/mol. The van der Waals surface area contributed by atoms with Crippen molar-refractivity contribution in [1.82, 2.24) is 5.32 Å². The van der Waals surface area contributed by atoms with Crippen LogP contribution in [0.25, 0.3) is 0 Å². The normalized spacial score (nSPS) is 10.0. The lowest BCUT2D eigenvalue weighted by atomic mass is 10.2. The molecule has 0 saturated carbocycles. The number of para-hydroxylation sites is 1. The molecule has 0 aliphatic rings. The van der Waals surface area contributed by atoms with Crippen LogP contribution in [0.15, 0.2) is 54.6 Å². The molecule has 0 atom stereocenters. The standard InChI is InChI=1S/C20H26N4O2/c1-2-3-4-8-14-21-19(25)23-17-12-9-13-18(15-17)24-20(26)22-16-10-6-5-7-11-16/h5-7,9-13,15H,2-4,8,14H2,1H3,(H2,21,23,25)(H2,22,24,26). The lowest BCUT2D eigenvalue weighted by Gasteiger charge is -2.10. The summed E-state index contributed by atoms with van der Waals surface area (Å²) in [5.74, 6) is 0. The third kappa shape index (κ3) is 7.25. The lowest BCUT2D eigenvalue weighted by Crippen LogP contribution is -2.29. The maximum atomic E-state index is 12.0. The van der Waals surface area contributed by atoms with E-state index in [9.17, 15) is 9.59 Å². The van der Waals surface area contributed by atoms with Crippen LogP contribution in [-0.4, -0.2) is 18.6 Å². The number of hydrogen-bond acceptors (Lipinski definition) is 2. The molecule has 0 aromatic heterocycles. The van der Waals surface area contributed by atoms with E-state index in [0.717, 1.165) is 12.8 Å². The summed E-state index contributed by atoms with van der Waals surface area (Å²) in [4.78, 5) is 23.9. The van der Waals surface area contributed by atoms with E-state index in [1.54, 1.807) is 24.3 Å². The maximum Gasteiger partial charge on any atom is 0.323 e. The third-order valence-electron chi connectivity index (χ3n) is 3.73. The number of anilines is 3. The van der Waals surface area contributed by atoms with Crippen LogP contribution >= 0.6 is 0 Å². The molecule has 6 nitrogen and oxygen atoms in total. The fourth-order valence-electron chi connectivity index (χ4n) is 2.42. The van der Waals surface area contributed by atoms with Crippen molar-refractivity contribution < 1.29 is 9.59 Å². The van der Waals surface area contributed by atoms with Crippen LogP contribution in [0, 0.1) is 0 Å². The fourth-order valence-corrected chi connectivity index (χ4v) is 2.42. The van der Waals surface area contributed by atoms with Crippen molar-refractivity contribution in [2.45, 2.75) is 32.6 Å². The summed E-state index contributed by atoms with van der Waals surface area (Å²) >= 11 is 0. The second-order valence-corrected chi connectivity index (χ2v) is 5.97. The Kier molecular flexibility index (Phi) is 7.99. The fraction of sp³-hybridized carbons (Fsp3) is 0.300. The van der Waals surface area contributed by atoms with Gasteiger partial charge in [0.05, 0.1) is 0 Å². The Bertz CT molecular complexity index is 704. The van der Waals surface area contributed by atoms with E-state index in [1.165, 1.54) is 12.8 Å². The van der Waals surface area contributed by atoms with Gasteiger partial charge in [-0.3, -0.25) is 0 Å². The second-order valence-electron chi connectivity index (χ2n) is 5.97. The van der Waals surface area contributed by atoms with Gasteiger partial charge in [-0.2, -0.15) is 0 Å². The minimum atomic E-state index is -0.339. The van der Waals surface area contributed by atoms with Crippen molar-refractivity contribution >= 4 is 29.1 Å². The molecule has 0 unspecified atom stereocenters. The largest absolute Gasteiger partial charge is 0.338 e. The highest BCUT2D eigenvalue weighted by Gasteiger charge is 2.05. The van der Waals surface area contributed by atoms with Crippen LogP contribution < -0.4 is 21.3 Å². The Balaban J connectivity index is 1.79. The van der Waals surface area contributed by atoms with Crippen molar-refractivity contribution in [2.75, 3.05) is 22.5 Å². The molecule has 0 aliphatic heterocycles. The molecule has 2 rings (SSSR count). The van der Waals surface area contributed by atoms with Gasteiger partial charge in [-0.1, -0.05) is 50.5 Å². The zero-order chi connectivity index (χ0) is 18.6. The van der Waals surface area contributed by atoms with E-state index in [0.29, 0.717) is 23.6 Å². The summed E-state index contributed by atoms with van der Waals surface area (Å²) in [7, 11) is 0. The molecule has 0 saturated heterocycles. The number of benzene rings is 2. The molecule has 0 aliphatic carbocycles. The molecule has 26 heavy (non-hydrogen) atoms. The van der Waals surface area contributed by atoms with Gasteiger partial charge in [0, 0.05) is 23.6 Å². The molecule has 0 bridgehead atoms. The second kappa shape index (κ2) is 10.8. The highest BCUT2D eigenvalue weighted by molar-refractivity contribution is 6.00. The van der Waals surface area contributed by atoms with E-state index in [2.05, 4.69) is 28.2 Å². The molecule has 6 heteroatoms. The summed E-state index contributed by atoms with van der Waals surface area (Å²) in [5.41, 5.74) is 1.93. The van der Waals surface area contributed by atoms with E-state index >= 15 is 0 Å². The SMILES string of the molecule is CCCCCCNC(=O)Nc1cccc(NC(=O)Nc2ccccc2)c1. The van der Waals surface area contributed by atoms with Crippen LogP contribution in [0.5, 0.6) is 0 Å². The number of hydrogen-bond donors (Lipinski definition) is 4. The van der Waals surface area contributed by atoms with Gasteiger partial charge in [0.1, 0.15) is 0 Å². The van der Waals surface area contributed by atoms with E-state index < -0.39 is 0 Å². The van der Waals surface area contributed by atoms with Crippen molar-refractivity contribution in [2.24, 2.45) is 0 Å². The number of unbranched alkanes of at least 4 members (excludes halogenated alkanes) is 3. The Hall–Kier alpha value is -3.02. The Labute approximate surface area is 154 Å². The van der Waals surface area contributed by atoms with Gasteiger partial charge < -0.3 is 21.3 Å². The molecule has 0 spiro atoms. The van der Waals surface area contributed by atoms with Crippen LogP contribution in [-0.2, 0) is 0 Å². The Morgan fingerprint density at radius 1 is 0.731 bits per heavy atom. The number of amides is 4. The van der Waals surface area contributed by atoms with Gasteiger partial charge in [0.25, 0.3) is 0 Å². The molecule has 4 N–H and O–H groups in total. The van der Waals surface area contributed by atoms with Gasteiger partial charge in [0.2, 0.25) is 0 Å². The molecule has 138 valence electrons. The quantitative estimate of drug-likeness (QED) is 0.501. The van der Waals surface area contributed by atoms with Gasteiger partial charge >= 0.3 is 12.1 Å². The van der Waals surface area contributed by atoms with E-state index in [4.69, 9.17) is 0 Å². The van der Waals surface area contributed by atoms with E-state index in [-0.39, 0.29) is 12.1 Å². The summed E-state index contributed by atoms with van der Waals surface area (Å²) in [5, 5.41) is 11.1. The number of nitrogens with one attached hydrogen (secondary N) is 4. The van der Waals surface area contributed by atoms with Gasteiger partial charge in [-0.25, -0.2) is 9.59 Å². The predicted octanol–water partition coefficient (Wildman–Crippen LogP) is 5.03. The average Bonchev–Trinajstić information content (AvgIpc) is 2.62. The molecule has 2 aromatic rings. The van der Waals surface area contributed by atoms with Crippen LogP contribution in [0.1, 0.15) is 32.6 Å². The minimum absolute atomic E-state index is 0.243. The van der Waals surface area contributed by atoms with Crippen LogP contribution in [0.3, 0.4) is 0 Å². The summed E-state index contributed by atoms with van der Waals surface area (Å²) in [6.45, 7) is 2.81. The first-order chi connectivity index (χ1) is 12.7. The molecule has 0 radical (unpaired) electrons. The maximum absolute atomic E-state index is 12.0. The highest BCUT2D eigenvalue weighted by atomic mass is 16.2. The molecule has 0 fully saturated rings. The zero-order valence-corrected chi connectivity index (χ0v) is 15.0. The van der Waals surface area contributed by atoms with Crippen molar-refractivity contribution in [3.8, 4) is 0 Å². The first-order valence-corrected chi connectivity index (χ1v) is 8.95. The lowest BCUT2D eigenvalue weighted by molar-refractivity contribution is 0.252. The first kappa shape index (κ1) is 19.3. The number of urea groups is 2. The Morgan fingerprint density at radius 3 is 2.04 bits per heavy atom. The molecule has 2 aromatic carbocycles. The van der Waals surface area contributed by atoms with Gasteiger partial charge in [-0.15, -0.1) is 0 Å². The van der Waals surface area contributed by atoms with Crippen molar-refractivity contribution in [3.05, 3.63) is 54.6 Å². The summed E-state index contributed by atoms with van der Waals surface area (Å²) < 4.78 is 0. The van der Waals surface area contributed by atoms with Gasteiger partial charge in [0.15, 0.2) is 0 Å². The Morgan fingerprint density at radius 2 is 1.35 bits per heavy atom. The molecule has 0 heterocycles. The van der Waals surface area contributed by atoms with Crippen LogP contribution in [0.4, 0.5) is 26.7 Å². The highest BCUT2D eigenvalue weighted by Crippen LogP contribution is 2.15. The third-order valence-corrected chi connectivity index (χ3v) is 3.73. The number of carbonyl (C=O) groups excluding carboxylic acids is 2. The number of rotatable bonds is 8. The smallest absolute Gasteiger partial charge is 0.323 e. The summed E-state index contributed by atoms with van der Waals surface area (Å²) in [6, 6.07) is 15.6. The monoisotopic (exact) mass is 354 g/mol. The molecule has 4 amide bonds. The average molecular weight is 354 g/mol.